The van der Waals surface area contributed by atoms with E-state index in [0.29, 0.717) is 37.7 Å². The fraction of sp³-hybridized carbons (Fsp3) is 0.243. The summed E-state index contributed by atoms with van der Waals surface area (Å²) in [6.45, 7) is 5.56. The normalized spacial score (nSPS) is 12.1. The van der Waals surface area contributed by atoms with Crippen LogP contribution in [0.1, 0.15) is 59.3 Å². The number of aryl methyl sites for hydroxylation is 1. The standard InChI is InChI=1S/C37H38N2O6/c1-3-12-28-32(17-10-18-33(28)45-34-16-9-8-15-29(34)37(40)41)42-21-11-22-43-35-24-36(44-25-26-13-6-5-7-14-26)30(23-27(35)4-2)31-19-20-38-39-31/h5-10,13-20,23-24H,3-4,11-12,21-22,25H2,1-2H3,(H,38,39)(H,40,41)/p+1. The van der Waals surface area contributed by atoms with Crippen LogP contribution in [0.2, 0.25) is 0 Å². The van der Waals surface area contributed by atoms with E-state index in [0.717, 1.165) is 64.5 Å². The Morgan fingerprint density at radius 2 is 1.53 bits per heavy atom. The molecule has 45 heavy (non-hydrogen) atoms. The third kappa shape index (κ3) is 8.10. The van der Waals surface area contributed by atoms with Crippen molar-refractivity contribution < 1.29 is 34.3 Å². The largest absolute Gasteiger partial charge is 0.493 e. The van der Waals surface area contributed by atoms with Gasteiger partial charge in [0.1, 0.15) is 40.9 Å². The van der Waals surface area contributed by atoms with E-state index in [-0.39, 0.29) is 5.56 Å². The van der Waals surface area contributed by atoms with Crippen LogP contribution in [0.3, 0.4) is 0 Å². The number of hydrogen-bond acceptors (Lipinski definition) is 6. The molecule has 1 aliphatic rings. The Hall–Kier alpha value is -5.08. The number of ether oxygens (including phenoxy) is 4. The average Bonchev–Trinajstić information content (AvgIpc) is 3.60. The highest BCUT2D eigenvalue weighted by Gasteiger charge is 2.20. The molecule has 3 N–H and O–H groups in total. The van der Waals surface area contributed by atoms with Crippen LogP contribution in [0.15, 0.2) is 96.1 Å². The number of carboxylic acid groups (broad SMARTS) is 1. The minimum absolute atomic E-state index is 0.114. The summed E-state index contributed by atoms with van der Waals surface area (Å²) >= 11 is 0. The molecule has 8 nitrogen and oxygen atoms in total. The van der Waals surface area contributed by atoms with E-state index in [9.17, 15) is 9.90 Å². The second kappa shape index (κ2) is 15.6. The molecule has 0 aliphatic carbocycles. The highest BCUT2D eigenvalue weighted by Crippen LogP contribution is 2.35. The van der Waals surface area contributed by atoms with Crippen molar-refractivity contribution in [3.05, 3.63) is 119 Å². The summed E-state index contributed by atoms with van der Waals surface area (Å²) in [5, 5.41) is 13.8. The Morgan fingerprint density at radius 1 is 0.800 bits per heavy atom. The third-order valence-electron chi connectivity index (χ3n) is 7.38. The predicted molar refractivity (Wildman–Crippen MR) is 175 cm³/mol. The summed E-state index contributed by atoms with van der Waals surface area (Å²) < 4.78 is 24.9. The van der Waals surface area contributed by atoms with E-state index in [1.165, 1.54) is 6.07 Å². The predicted octanol–water partition coefficient (Wildman–Crippen LogP) is 7.02. The van der Waals surface area contributed by atoms with Gasteiger partial charge in [0.05, 0.1) is 25.0 Å². The molecule has 4 aromatic rings. The van der Waals surface area contributed by atoms with Crippen LogP contribution in [0, 0.1) is 0 Å². The fourth-order valence-corrected chi connectivity index (χ4v) is 5.09. The average molecular weight is 608 g/mol. The lowest BCUT2D eigenvalue weighted by atomic mass is 10.0. The monoisotopic (exact) mass is 607 g/mol. The first kappa shape index (κ1) is 31.3. The van der Waals surface area contributed by atoms with Crippen LogP contribution in [-0.2, 0) is 19.4 Å². The summed E-state index contributed by atoms with van der Waals surface area (Å²) in [7, 11) is 0. The first-order valence-electron chi connectivity index (χ1n) is 15.4. The Balaban J connectivity index is 1.25. The van der Waals surface area contributed by atoms with Crippen LogP contribution < -0.4 is 24.4 Å². The van der Waals surface area contributed by atoms with Crippen molar-refractivity contribution in [2.45, 2.75) is 46.1 Å². The van der Waals surface area contributed by atoms with Crippen LogP contribution in [-0.4, -0.2) is 30.5 Å². The number of para-hydroxylation sites is 1. The summed E-state index contributed by atoms with van der Waals surface area (Å²) in [6, 6.07) is 26.5. The molecule has 232 valence electrons. The van der Waals surface area contributed by atoms with Gasteiger partial charge in [-0.05, 0) is 54.3 Å². The van der Waals surface area contributed by atoms with Gasteiger partial charge in [0.25, 0.3) is 0 Å². The minimum Gasteiger partial charge on any atom is -0.493 e. The van der Waals surface area contributed by atoms with Crippen LogP contribution in [0.5, 0.6) is 28.7 Å². The summed E-state index contributed by atoms with van der Waals surface area (Å²) in [6.07, 6.45) is 6.86. The number of quaternary nitrogens is 1. The number of nitrogens with two attached hydrogens (primary N) is 1. The molecular weight excluding hydrogens is 568 g/mol. The Labute approximate surface area is 263 Å². The number of allylic oxidation sites excluding steroid dienone is 1. The van der Waals surface area contributed by atoms with Crippen molar-refractivity contribution in [1.82, 2.24) is 0 Å². The van der Waals surface area contributed by atoms with Crippen LogP contribution >= 0.6 is 0 Å². The lowest BCUT2D eigenvalue weighted by Gasteiger charge is -2.18. The number of carbonyl (C=O) groups is 1. The van der Waals surface area contributed by atoms with Gasteiger partial charge >= 0.3 is 5.97 Å². The molecule has 0 saturated heterocycles. The number of carboxylic acids is 1. The van der Waals surface area contributed by atoms with Gasteiger partial charge in [-0.1, -0.05) is 73.9 Å². The molecule has 8 heteroatoms. The molecule has 0 fully saturated rings. The molecule has 0 aromatic heterocycles. The third-order valence-corrected chi connectivity index (χ3v) is 7.38. The maximum atomic E-state index is 11.7. The molecule has 0 radical (unpaired) electrons. The zero-order valence-electron chi connectivity index (χ0n) is 25.7. The van der Waals surface area contributed by atoms with Crippen molar-refractivity contribution in [3.8, 4) is 28.7 Å². The number of hydrogen-bond donors (Lipinski definition) is 2. The molecule has 4 aromatic carbocycles. The Bertz CT molecular complexity index is 1670. The van der Waals surface area contributed by atoms with E-state index >= 15 is 0 Å². The molecule has 0 saturated carbocycles. The number of nitrogens with zero attached hydrogens (tertiary/aromatic N) is 1. The number of aromatic carboxylic acids is 1. The molecule has 0 unspecified atom stereocenters. The molecule has 0 spiro atoms. The smallest absolute Gasteiger partial charge is 0.339 e. The molecule has 0 atom stereocenters. The molecule has 0 amide bonds. The van der Waals surface area contributed by atoms with Crippen molar-refractivity contribution in [1.29, 1.82) is 0 Å². The highest BCUT2D eigenvalue weighted by atomic mass is 16.5. The number of benzene rings is 4. The summed E-state index contributed by atoms with van der Waals surface area (Å²) in [4.78, 5) is 11.7. The topological polar surface area (TPSA) is 103 Å². The van der Waals surface area contributed by atoms with Gasteiger partial charge in [-0.15, -0.1) is 0 Å². The van der Waals surface area contributed by atoms with Crippen molar-refractivity contribution in [2.24, 2.45) is 5.10 Å². The zero-order chi connectivity index (χ0) is 31.4. The molecule has 1 aliphatic heterocycles. The highest BCUT2D eigenvalue weighted by molar-refractivity contribution is 5.91. The zero-order valence-corrected chi connectivity index (χ0v) is 25.7. The second-order valence-corrected chi connectivity index (χ2v) is 10.6. The van der Waals surface area contributed by atoms with Gasteiger partial charge < -0.3 is 24.1 Å². The van der Waals surface area contributed by atoms with Gasteiger partial charge in [0, 0.05) is 24.1 Å². The second-order valence-electron chi connectivity index (χ2n) is 10.6. The van der Waals surface area contributed by atoms with Crippen molar-refractivity contribution >= 4 is 17.9 Å². The van der Waals surface area contributed by atoms with Gasteiger partial charge in [-0.3, -0.25) is 0 Å². The maximum absolute atomic E-state index is 11.7. The van der Waals surface area contributed by atoms with Crippen molar-refractivity contribution in [3.63, 3.8) is 0 Å². The van der Waals surface area contributed by atoms with Gasteiger partial charge in [0.15, 0.2) is 5.70 Å². The maximum Gasteiger partial charge on any atom is 0.339 e. The van der Waals surface area contributed by atoms with E-state index in [1.807, 2.05) is 66.1 Å². The van der Waals surface area contributed by atoms with E-state index in [1.54, 1.807) is 24.4 Å². The SMILES string of the molecule is CCCc1c(OCCCOc2cc(OCc3ccccc3)c(C3=CC=N[NH2+]3)cc2CC)cccc1Oc1ccccc1C(=O)O. The molecule has 1 heterocycles. The van der Waals surface area contributed by atoms with Crippen LogP contribution in [0.25, 0.3) is 5.70 Å². The molecule has 5 rings (SSSR count). The lowest BCUT2D eigenvalue weighted by molar-refractivity contribution is -0.565. The van der Waals surface area contributed by atoms with E-state index in [4.69, 9.17) is 18.9 Å². The number of rotatable bonds is 16. The van der Waals surface area contributed by atoms with Crippen LogP contribution in [0.4, 0.5) is 0 Å². The van der Waals surface area contributed by atoms with Gasteiger partial charge in [0.2, 0.25) is 0 Å². The van der Waals surface area contributed by atoms with Gasteiger partial charge in [-0.25, -0.2) is 4.79 Å². The van der Waals surface area contributed by atoms with Crippen molar-refractivity contribution in [2.75, 3.05) is 13.2 Å². The first-order chi connectivity index (χ1) is 22.1. The minimum atomic E-state index is -1.03. The summed E-state index contributed by atoms with van der Waals surface area (Å²) in [5.74, 6) is 2.13. The van der Waals surface area contributed by atoms with E-state index in [2.05, 4.69) is 25.0 Å². The Kier molecular flexibility index (Phi) is 10.9. The van der Waals surface area contributed by atoms with Gasteiger partial charge in [-0.2, -0.15) is 5.43 Å². The lowest BCUT2D eigenvalue weighted by Crippen LogP contribution is -2.72. The van der Waals surface area contributed by atoms with E-state index < -0.39 is 5.97 Å². The fourth-order valence-electron chi connectivity index (χ4n) is 5.09. The summed E-state index contributed by atoms with van der Waals surface area (Å²) in [5.41, 5.74) is 7.05. The molecular formula is C37H39N2O6+. The molecule has 0 bridgehead atoms. The Morgan fingerprint density at radius 3 is 2.27 bits per heavy atom. The quantitative estimate of drug-likeness (QED) is 0.105. The first-order valence-corrected chi connectivity index (χ1v) is 15.4.